The minimum absolute atomic E-state index is 0.676. The quantitative estimate of drug-likeness (QED) is 0.816. The van der Waals surface area contributed by atoms with Crippen molar-refractivity contribution in [1.29, 1.82) is 0 Å². The fraction of sp³-hybridized carbons (Fsp3) is 0.417. The van der Waals surface area contributed by atoms with E-state index in [9.17, 15) is 0 Å². The average Bonchev–Trinajstić information content (AvgIpc) is 2.61. The van der Waals surface area contributed by atoms with Crippen LogP contribution in [-0.2, 0) is 13.5 Å². The molecule has 0 aliphatic heterocycles. The standard InChI is InChI=1S/C10H13N3.C2H6/c1-13-7-8(4-5-11)10-9(13)3-2-6-12-10;1-2/h2-3,6-7H,4-5,11H2,1H3;1-2H3. The molecule has 0 bridgehead atoms. The Hall–Kier alpha value is -1.35. The minimum Gasteiger partial charge on any atom is -0.349 e. The Balaban J connectivity index is 0.000000531. The van der Waals surface area contributed by atoms with Crippen molar-refractivity contribution in [2.45, 2.75) is 20.3 Å². The molecule has 0 radical (unpaired) electrons. The van der Waals surface area contributed by atoms with Crippen LogP contribution in [0.25, 0.3) is 11.0 Å². The molecule has 2 rings (SSSR count). The van der Waals surface area contributed by atoms with Crippen LogP contribution in [0, 0.1) is 0 Å². The first-order valence-corrected chi connectivity index (χ1v) is 5.42. The Bertz CT molecular complexity index is 418. The molecule has 2 heterocycles. The van der Waals surface area contributed by atoms with Crippen LogP contribution in [0.2, 0.25) is 0 Å². The van der Waals surface area contributed by atoms with E-state index < -0.39 is 0 Å². The first-order chi connectivity index (χ1) is 7.33. The highest BCUT2D eigenvalue weighted by Crippen LogP contribution is 2.17. The molecule has 0 aromatic carbocycles. The lowest BCUT2D eigenvalue weighted by Gasteiger charge is -1.93. The number of nitrogens with zero attached hydrogens (tertiary/aromatic N) is 2. The lowest BCUT2D eigenvalue weighted by Crippen LogP contribution is -2.02. The number of nitrogens with two attached hydrogens (primary N) is 1. The highest BCUT2D eigenvalue weighted by atomic mass is 14.9. The summed E-state index contributed by atoms with van der Waals surface area (Å²) in [6.45, 7) is 4.68. The molecule has 0 aliphatic rings. The molecule has 0 aliphatic carbocycles. The van der Waals surface area contributed by atoms with Crippen molar-refractivity contribution >= 4 is 11.0 Å². The molecule has 0 amide bonds. The third-order valence-electron chi connectivity index (χ3n) is 2.23. The number of aromatic nitrogens is 2. The molecule has 2 aromatic heterocycles. The van der Waals surface area contributed by atoms with E-state index in [0.717, 1.165) is 11.9 Å². The van der Waals surface area contributed by atoms with E-state index in [1.807, 2.05) is 33.2 Å². The first kappa shape index (κ1) is 11.7. The smallest absolute Gasteiger partial charge is 0.0913 e. The van der Waals surface area contributed by atoms with E-state index in [0.29, 0.717) is 6.54 Å². The van der Waals surface area contributed by atoms with Gasteiger partial charge in [0.15, 0.2) is 0 Å². The summed E-state index contributed by atoms with van der Waals surface area (Å²) < 4.78 is 2.09. The predicted molar refractivity (Wildman–Crippen MR) is 64.8 cm³/mol. The number of fused-ring (bicyclic) bond motifs is 1. The molecule has 0 saturated carbocycles. The second-order valence-corrected chi connectivity index (χ2v) is 3.18. The zero-order valence-corrected chi connectivity index (χ0v) is 9.70. The molecule has 0 spiro atoms. The summed E-state index contributed by atoms with van der Waals surface area (Å²) in [6.07, 6.45) is 4.82. The van der Waals surface area contributed by atoms with Crippen molar-refractivity contribution in [3.05, 3.63) is 30.1 Å². The molecule has 0 atom stereocenters. The van der Waals surface area contributed by atoms with Crippen LogP contribution in [-0.4, -0.2) is 16.1 Å². The Morgan fingerprint density at radius 2 is 2.13 bits per heavy atom. The van der Waals surface area contributed by atoms with Gasteiger partial charge >= 0.3 is 0 Å². The summed E-state index contributed by atoms with van der Waals surface area (Å²) in [5, 5.41) is 0. The third kappa shape index (κ3) is 2.36. The molecule has 2 N–H and O–H groups in total. The lowest BCUT2D eigenvalue weighted by atomic mass is 10.2. The maximum absolute atomic E-state index is 5.52. The largest absolute Gasteiger partial charge is 0.349 e. The monoisotopic (exact) mass is 205 g/mol. The van der Waals surface area contributed by atoms with Crippen molar-refractivity contribution in [2.75, 3.05) is 6.54 Å². The molecule has 3 nitrogen and oxygen atoms in total. The van der Waals surface area contributed by atoms with Gasteiger partial charge in [0.2, 0.25) is 0 Å². The highest BCUT2D eigenvalue weighted by molar-refractivity contribution is 5.79. The van der Waals surface area contributed by atoms with Crippen molar-refractivity contribution in [3.8, 4) is 0 Å². The molecule has 0 fully saturated rings. The third-order valence-corrected chi connectivity index (χ3v) is 2.23. The van der Waals surface area contributed by atoms with E-state index in [4.69, 9.17) is 5.73 Å². The molecule has 2 aromatic rings. The van der Waals surface area contributed by atoms with E-state index in [-0.39, 0.29) is 0 Å². The number of aryl methyl sites for hydroxylation is 1. The lowest BCUT2D eigenvalue weighted by molar-refractivity contribution is 0.929. The summed E-state index contributed by atoms with van der Waals surface area (Å²) >= 11 is 0. The van der Waals surface area contributed by atoms with Crippen LogP contribution >= 0.6 is 0 Å². The summed E-state index contributed by atoms with van der Waals surface area (Å²) in [5.74, 6) is 0. The Labute approximate surface area is 90.9 Å². The molecule has 0 unspecified atom stereocenters. The van der Waals surface area contributed by atoms with Gasteiger partial charge in [-0.25, -0.2) is 0 Å². The van der Waals surface area contributed by atoms with Crippen LogP contribution in [0.5, 0.6) is 0 Å². The fourth-order valence-electron chi connectivity index (χ4n) is 1.63. The van der Waals surface area contributed by atoms with Crippen LogP contribution in [0.1, 0.15) is 19.4 Å². The van der Waals surface area contributed by atoms with Gasteiger partial charge in [-0.05, 0) is 30.7 Å². The van der Waals surface area contributed by atoms with Crippen molar-refractivity contribution in [2.24, 2.45) is 12.8 Å². The van der Waals surface area contributed by atoms with E-state index in [1.165, 1.54) is 11.1 Å². The van der Waals surface area contributed by atoms with Crippen LogP contribution in [0.3, 0.4) is 0 Å². The Morgan fingerprint density at radius 1 is 1.40 bits per heavy atom. The number of pyridine rings is 1. The summed E-state index contributed by atoms with van der Waals surface area (Å²) in [6, 6.07) is 4.02. The van der Waals surface area contributed by atoms with Gasteiger partial charge in [0.05, 0.1) is 11.0 Å². The molecular weight excluding hydrogens is 186 g/mol. The molecule has 15 heavy (non-hydrogen) atoms. The van der Waals surface area contributed by atoms with Crippen molar-refractivity contribution < 1.29 is 0 Å². The number of hydrogen-bond donors (Lipinski definition) is 1. The second-order valence-electron chi connectivity index (χ2n) is 3.18. The fourth-order valence-corrected chi connectivity index (χ4v) is 1.63. The maximum Gasteiger partial charge on any atom is 0.0913 e. The van der Waals surface area contributed by atoms with Gasteiger partial charge in [0.1, 0.15) is 0 Å². The van der Waals surface area contributed by atoms with E-state index >= 15 is 0 Å². The van der Waals surface area contributed by atoms with Gasteiger partial charge in [-0.15, -0.1) is 0 Å². The van der Waals surface area contributed by atoms with Crippen LogP contribution in [0.4, 0.5) is 0 Å². The second kappa shape index (κ2) is 5.51. The molecule has 0 saturated heterocycles. The predicted octanol–water partition coefficient (Wildman–Crippen LogP) is 2.10. The van der Waals surface area contributed by atoms with Gasteiger partial charge < -0.3 is 10.3 Å². The average molecular weight is 205 g/mol. The van der Waals surface area contributed by atoms with Crippen molar-refractivity contribution in [3.63, 3.8) is 0 Å². The van der Waals surface area contributed by atoms with Gasteiger partial charge in [0.25, 0.3) is 0 Å². The number of hydrogen-bond acceptors (Lipinski definition) is 2. The SMILES string of the molecule is CC.Cn1cc(CCN)c2ncccc21. The summed E-state index contributed by atoms with van der Waals surface area (Å²) in [5.41, 5.74) is 9.01. The normalized spacial score (nSPS) is 9.87. The molecule has 3 heteroatoms. The minimum atomic E-state index is 0.676. The zero-order valence-electron chi connectivity index (χ0n) is 9.70. The van der Waals surface area contributed by atoms with Crippen molar-refractivity contribution in [1.82, 2.24) is 9.55 Å². The molecular formula is C12H19N3. The van der Waals surface area contributed by atoms with Gasteiger partial charge in [0, 0.05) is 19.4 Å². The van der Waals surface area contributed by atoms with Gasteiger partial charge in [-0.2, -0.15) is 0 Å². The van der Waals surface area contributed by atoms with E-state index in [1.54, 1.807) is 0 Å². The summed E-state index contributed by atoms with van der Waals surface area (Å²) in [7, 11) is 2.03. The van der Waals surface area contributed by atoms with Crippen LogP contribution < -0.4 is 5.73 Å². The van der Waals surface area contributed by atoms with Gasteiger partial charge in [-0.3, -0.25) is 4.98 Å². The van der Waals surface area contributed by atoms with Crippen LogP contribution in [0.15, 0.2) is 24.5 Å². The highest BCUT2D eigenvalue weighted by Gasteiger charge is 2.05. The van der Waals surface area contributed by atoms with E-state index in [2.05, 4.69) is 21.8 Å². The number of rotatable bonds is 2. The Morgan fingerprint density at radius 3 is 2.80 bits per heavy atom. The first-order valence-electron chi connectivity index (χ1n) is 5.42. The van der Waals surface area contributed by atoms with Gasteiger partial charge in [-0.1, -0.05) is 13.8 Å². The topological polar surface area (TPSA) is 43.8 Å². The molecule has 82 valence electrons. The zero-order chi connectivity index (χ0) is 11.3. The summed E-state index contributed by atoms with van der Waals surface area (Å²) in [4.78, 5) is 4.34. The Kier molecular flexibility index (Phi) is 4.31. The maximum atomic E-state index is 5.52.